The first-order valence-electron chi connectivity index (χ1n) is 20.5. The molecule has 3 aromatic heterocycles. The molecule has 298 valence electrons. The first-order valence-corrected chi connectivity index (χ1v) is 22.3. The number of hydrogen-bond acceptors (Lipinski definition) is 5. The number of nitrogens with one attached hydrogen (secondary N) is 2. The van der Waals surface area contributed by atoms with E-state index in [0.717, 1.165) is 94.9 Å². The molecule has 0 aliphatic carbocycles. The van der Waals surface area contributed by atoms with Gasteiger partial charge in [-0.05, 0) is 111 Å². The molecule has 4 aromatic carbocycles. The number of benzene rings is 4. The van der Waals surface area contributed by atoms with Crippen LogP contribution in [0.5, 0.6) is 0 Å². The molecule has 0 atom stereocenters. The quantitative estimate of drug-likeness (QED) is 0.134. The lowest BCUT2D eigenvalue weighted by Gasteiger charge is -2.17. The Hall–Kier alpha value is -6.37. The van der Waals surface area contributed by atoms with E-state index in [1.807, 2.05) is 26.0 Å². The highest BCUT2D eigenvalue weighted by molar-refractivity contribution is 7.53. The molecule has 5 heterocycles. The summed E-state index contributed by atoms with van der Waals surface area (Å²) in [4.78, 5) is 18.5. The van der Waals surface area contributed by atoms with Gasteiger partial charge >= 0.3 is 7.60 Å². The average molecular weight is 807 g/mol. The average Bonchev–Trinajstić information content (AvgIpc) is 4.09. The molecule has 2 aliphatic rings. The third kappa shape index (κ3) is 7.76. The highest BCUT2D eigenvalue weighted by Crippen LogP contribution is 2.51. The van der Waals surface area contributed by atoms with Crippen molar-refractivity contribution in [3.8, 4) is 44.5 Å². The van der Waals surface area contributed by atoms with E-state index in [0.29, 0.717) is 13.2 Å². The molecule has 60 heavy (non-hydrogen) atoms. The fraction of sp³-hybridized carbons (Fsp3) is 0.154. The second-order valence-electron chi connectivity index (χ2n) is 15.4. The summed E-state index contributed by atoms with van der Waals surface area (Å²) < 4.78 is 24.8. The van der Waals surface area contributed by atoms with Crippen molar-refractivity contribution in [2.75, 3.05) is 13.2 Å². The number of aryl methyl sites for hydroxylation is 3. The van der Waals surface area contributed by atoms with E-state index in [1.165, 1.54) is 16.7 Å². The zero-order chi connectivity index (χ0) is 41.4. The molecule has 8 bridgehead atoms. The van der Waals surface area contributed by atoms with Gasteiger partial charge in [-0.2, -0.15) is 0 Å². The Morgan fingerprint density at radius 3 is 1.00 bits per heavy atom. The Morgan fingerprint density at radius 1 is 0.433 bits per heavy atom. The van der Waals surface area contributed by atoms with Gasteiger partial charge in [-0.15, -0.1) is 0 Å². The maximum atomic E-state index is 13.5. The Balaban J connectivity index is 1.37. The van der Waals surface area contributed by atoms with Crippen LogP contribution in [-0.2, 0) is 19.8 Å². The van der Waals surface area contributed by atoms with Crippen molar-refractivity contribution < 1.29 is 13.6 Å². The zero-order valence-electron chi connectivity index (χ0n) is 34.5. The fourth-order valence-corrected chi connectivity index (χ4v) is 9.81. The number of hydrogen-bond donors (Lipinski definition) is 2. The Bertz CT molecular complexity index is 2960. The standard InChI is InChI=1S/C52H47N4O3P/c1-6-58-60(57,59-7-2)32-36-14-22-40(23-15-36)52-47-30-28-45(55-47)50(38-18-10-34(4)11-19-38)43-26-24-41(53-43)49(37-16-8-33(3)9-17-37)42-25-27-44(54-42)51(46-29-31-48(52)56-46)39-20-12-35(5)13-21-39/h8-31,53,56H,6-7,32H2,1-5H3. The second-order valence-corrected chi connectivity index (χ2v) is 17.5. The number of nitrogens with zero attached hydrogens (tertiary/aromatic N) is 2. The van der Waals surface area contributed by atoms with E-state index in [4.69, 9.17) is 19.0 Å². The lowest BCUT2D eigenvalue weighted by molar-refractivity contribution is 0.219. The van der Waals surface area contributed by atoms with Crippen LogP contribution in [0.3, 0.4) is 0 Å². The van der Waals surface area contributed by atoms with Crippen LogP contribution in [0.1, 0.15) is 58.9 Å². The van der Waals surface area contributed by atoms with E-state index in [9.17, 15) is 4.57 Å². The predicted octanol–water partition coefficient (Wildman–Crippen LogP) is 14.0. The first kappa shape index (κ1) is 39.1. The molecular weight excluding hydrogens is 760 g/mol. The van der Waals surface area contributed by atoms with Gasteiger partial charge in [-0.25, -0.2) is 9.97 Å². The molecule has 9 rings (SSSR count). The smallest absolute Gasteiger partial charge is 0.335 e. The molecule has 8 heteroatoms. The first-order chi connectivity index (χ1) is 29.2. The molecule has 0 fully saturated rings. The minimum absolute atomic E-state index is 0.190. The van der Waals surface area contributed by atoms with Crippen LogP contribution in [0.2, 0.25) is 0 Å². The largest absolute Gasteiger partial charge is 0.354 e. The highest BCUT2D eigenvalue weighted by atomic mass is 31.2. The number of fused-ring (bicyclic) bond motifs is 8. The lowest BCUT2D eigenvalue weighted by Crippen LogP contribution is -1.99. The van der Waals surface area contributed by atoms with Crippen LogP contribution in [0, 0.1) is 20.8 Å². The molecular formula is C52H47N4O3P. The van der Waals surface area contributed by atoms with Crippen molar-refractivity contribution in [2.45, 2.75) is 40.8 Å². The summed E-state index contributed by atoms with van der Waals surface area (Å²) in [5, 5.41) is 0. The van der Waals surface area contributed by atoms with Gasteiger partial charge < -0.3 is 19.0 Å². The van der Waals surface area contributed by atoms with Crippen LogP contribution >= 0.6 is 7.60 Å². The summed E-state index contributed by atoms with van der Waals surface area (Å²) in [6.45, 7) is 10.6. The monoisotopic (exact) mass is 806 g/mol. The van der Waals surface area contributed by atoms with E-state index in [1.54, 1.807) is 0 Å². The topological polar surface area (TPSA) is 92.9 Å². The predicted molar refractivity (Wildman–Crippen MR) is 249 cm³/mol. The third-order valence-electron chi connectivity index (χ3n) is 11.0. The van der Waals surface area contributed by atoms with Crippen molar-refractivity contribution in [1.82, 2.24) is 19.9 Å². The molecule has 0 amide bonds. The van der Waals surface area contributed by atoms with Crippen molar-refractivity contribution in [3.63, 3.8) is 0 Å². The van der Waals surface area contributed by atoms with E-state index in [2.05, 4.69) is 164 Å². The van der Waals surface area contributed by atoms with Crippen LogP contribution in [-0.4, -0.2) is 33.1 Å². The molecule has 2 aliphatic heterocycles. The van der Waals surface area contributed by atoms with Gasteiger partial charge in [0.15, 0.2) is 0 Å². The van der Waals surface area contributed by atoms with Crippen LogP contribution in [0.25, 0.3) is 90.9 Å². The molecule has 0 radical (unpaired) electrons. The highest BCUT2D eigenvalue weighted by Gasteiger charge is 2.25. The molecule has 7 aromatic rings. The van der Waals surface area contributed by atoms with Gasteiger partial charge in [-0.1, -0.05) is 114 Å². The fourth-order valence-electron chi connectivity index (χ4n) is 8.10. The summed E-state index contributed by atoms with van der Waals surface area (Å²) in [5.41, 5.74) is 19.7. The van der Waals surface area contributed by atoms with Gasteiger partial charge in [0.05, 0.1) is 42.2 Å². The van der Waals surface area contributed by atoms with Crippen molar-refractivity contribution in [2.24, 2.45) is 0 Å². The number of aromatic amines is 2. The maximum absolute atomic E-state index is 13.5. The zero-order valence-corrected chi connectivity index (χ0v) is 35.4. The van der Waals surface area contributed by atoms with Crippen molar-refractivity contribution in [1.29, 1.82) is 0 Å². The van der Waals surface area contributed by atoms with Crippen LogP contribution in [0.15, 0.2) is 121 Å². The van der Waals surface area contributed by atoms with Gasteiger partial charge in [0.1, 0.15) is 0 Å². The molecule has 2 N–H and O–H groups in total. The maximum Gasteiger partial charge on any atom is 0.335 e. The summed E-state index contributed by atoms with van der Waals surface area (Å²) in [5.74, 6) is 0. The SMILES string of the molecule is CCOP(=O)(Cc1ccc(-c2c3nc(c(-c4ccc(C)cc4)c4ccc([nH]4)c(-c4ccc(C)cc4)c4nc(c(-c5ccc(C)cc5)c5ccc2[nH]5)C=C4)C=C3)cc1)OCC. The lowest BCUT2D eigenvalue weighted by atomic mass is 10.0. The normalized spacial score (nSPS) is 12.3. The van der Waals surface area contributed by atoms with E-state index in [-0.39, 0.29) is 6.16 Å². The minimum atomic E-state index is -3.29. The Kier molecular flexibility index (Phi) is 10.7. The van der Waals surface area contributed by atoms with Gasteiger partial charge in [-0.3, -0.25) is 4.57 Å². The van der Waals surface area contributed by atoms with Gasteiger partial charge in [0.25, 0.3) is 0 Å². The van der Waals surface area contributed by atoms with Crippen LogP contribution in [0.4, 0.5) is 0 Å². The van der Waals surface area contributed by atoms with Crippen molar-refractivity contribution >= 4 is 54.0 Å². The Labute approximate surface area is 351 Å². The van der Waals surface area contributed by atoms with E-state index >= 15 is 0 Å². The summed E-state index contributed by atoms with van der Waals surface area (Å²) in [6.07, 6.45) is 8.66. The molecule has 0 unspecified atom stereocenters. The van der Waals surface area contributed by atoms with Crippen LogP contribution < -0.4 is 0 Å². The summed E-state index contributed by atoms with van der Waals surface area (Å²) in [6, 6.07) is 42.6. The van der Waals surface area contributed by atoms with E-state index < -0.39 is 7.60 Å². The Morgan fingerprint density at radius 2 is 0.717 bits per heavy atom. The third-order valence-corrected chi connectivity index (χ3v) is 13.1. The molecule has 0 saturated heterocycles. The molecule has 0 saturated carbocycles. The molecule has 7 nitrogen and oxygen atoms in total. The second kappa shape index (κ2) is 16.4. The number of rotatable bonds is 10. The summed E-state index contributed by atoms with van der Waals surface area (Å²) >= 11 is 0. The van der Waals surface area contributed by atoms with Gasteiger partial charge in [0, 0.05) is 44.3 Å². The van der Waals surface area contributed by atoms with Crippen molar-refractivity contribution in [3.05, 3.63) is 166 Å². The van der Waals surface area contributed by atoms with Gasteiger partial charge in [0.2, 0.25) is 0 Å². The minimum Gasteiger partial charge on any atom is -0.354 e. The number of aromatic nitrogens is 4. The summed E-state index contributed by atoms with van der Waals surface area (Å²) in [7, 11) is -3.29. The molecule has 0 spiro atoms. The number of H-pyrrole nitrogens is 2.